The summed E-state index contributed by atoms with van der Waals surface area (Å²) in [5.41, 5.74) is 1.90. The molecule has 0 saturated carbocycles. The van der Waals surface area contributed by atoms with Crippen LogP contribution in [0.15, 0.2) is 36.9 Å². The Morgan fingerprint density at radius 3 is 1.64 bits per heavy atom. The molecule has 2 aromatic rings. The van der Waals surface area contributed by atoms with Gasteiger partial charge in [-0.25, -0.2) is 9.59 Å². The van der Waals surface area contributed by atoms with Crippen molar-refractivity contribution in [1.29, 1.82) is 0 Å². The monoisotopic (exact) mass is 960 g/mol. The lowest BCUT2D eigenvalue weighted by molar-refractivity contribution is -0.295. The largest absolute Gasteiger partial charge is 0.479 e. The molecule has 2 fully saturated rings. The Balaban J connectivity index is 1.16. The molecule has 6 unspecified atom stereocenters. The second-order valence-corrected chi connectivity index (χ2v) is 17.5. The summed E-state index contributed by atoms with van der Waals surface area (Å²) >= 11 is 1.68. The molecule has 4 heterocycles. The van der Waals surface area contributed by atoms with Crippen molar-refractivity contribution in [2.24, 2.45) is 5.92 Å². The van der Waals surface area contributed by atoms with Gasteiger partial charge >= 0.3 is 11.9 Å². The molecule has 0 aliphatic carbocycles. The standard InChI is InChI=1S/C43H68N4O18S/c1-25(19-31(49)28(44-2)20-26-6-8-46(23-26)10-12-60-14-16-62-42-36(54)32(50)34(52)38(64-42)40(56)57)22-45-29(30(48)5-4-18-66-3)21-27-7-9-47(24-27)11-13-61-15-17-63-43-37(55)33(51)35(53)39(65-43)41(58)59/h6-9,23-25,28-29,32-39,42-45,50-55H,4-5,10-22H2,1-3H3,(H,56,57)(H,58,59)/t25-,28+,29+,32+,33+,34?,35?,36+,37+,38?,39?,42?,43?/m1/s1. The van der Waals surface area contributed by atoms with Gasteiger partial charge in [0.1, 0.15) is 48.2 Å². The maximum absolute atomic E-state index is 13.5. The van der Waals surface area contributed by atoms with Gasteiger partial charge in [-0.15, -0.1) is 0 Å². The Hall–Kier alpha value is -3.37. The van der Waals surface area contributed by atoms with Crippen molar-refractivity contribution in [3.63, 3.8) is 0 Å². The lowest BCUT2D eigenvalue weighted by Crippen LogP contribution is -2.60. The maximum atomic E-state index is 13.5. The number of hydrogen-bond donors (Lipinski definition) is 10. The van der Waals surface area contributed by atoms with Gasteiger partial charge in [0.15, 0.2) is 24.8 Å². The number of carbonyl (C=O) groups excluding carboxylic acids is 2. The van der Waals surface area contributed by atoms with E-state index in [0.717, 1.165) is 23.3 Å². The highest BCUT2D eigenvalue weighted by atomic mass is 32.2. The lowest BCUT2D eigenvalue weighted by atomic mass is 9.95. The number of ether oxygens (including phenoxy) is 6. The van der Waals surface area contributed by atoms with Crippen molar-refractivity contribution < 1.29 is 88.5 Å². The van der Waals surface area contributed by atoms with Crippen LogP contribution >= 0.6 is 11.8 Å². The van der Waals surface area contributed by atoms with Crippen molar-refractivity contribution in [3.05, 3.63) is 48.0 Å². The zero-order valence-electron chi connectivity index (χ0n) is 37.5. The molecule has 0 amide bonds. The third-order valence-corrected chi connectivity index (χ3v) is 12.0. The molecule has 0 spiro atoms. The molecule has 0 bridgehead atoms. The molecule has 66 heavy (non-hydrogen) atoms. The van der Waals surface area contributed by atoms with Gasteiger partial charge in [0.25, 0.3) is 0 Å². The zero-order chi connectivity index (χ0) is 48.3. The van der Waals surface area contributed by atoms with Gasteiger partial charge in [0, 0.05) is 50.7 Å². The minimum atomic E-state index is -1.80. The maximum Gasteiger partial charge on any atom is 0.335 e. The van der Waals surface area contributed by atoms with Gasteiger partial charge in [0.05, 0.1) is 51.7 Å². The number of hydrogen-bond acceptors (Lipinski definition) is 19. The van der Waals surface area contributed by atoms with Crippen LogP contribution in [-0.4, -0.2) is 212 Å². The van der Waals surface area contributed by atoms with E-state index in [1.807, 2.05) is 59.2 Å². The van der Waals surface area contributed by atoms with Crippen LogP contribution in [0.25, 0.3) is 0 Å². The molecule has 23 heteroatoms. The van der Waals surface area contributed by atoms with Crippen molar-refractivity contribution in [1.82, 2.24) is 19.8 Å². The van der Waals surface area contributed by atoms with Crippen molar-refractivity contribution in [2.75, 3.05) is 65.2 Å². The van der Waals surface area contributed by atoms with Crippen LogP contribution < -0.4 is 10.6 Å². The molecular formula is C43H68N4O18S. The first kappa shape index (κ1) is 55.2. The molecule has 2 aliphatic rings. The van der Waals surface area contributed by atoms with Crippen LogP contribution in [0.1, 0.15) is 37.3 Å². The van der Waals surface area contributed by atoms with Crippen LogP contribution in [0, 0.1) is 5.92 Å². The minimum absolute atomic E-state index is 0.0470. The number of aromatic nitrogens is 2. The number of carbonyl (C=O) groups is 4. The fourth-order valence-electron chi connectivity index (χ4n) is 7.49. The van der Waals surface area contributed by atoms with E-state index in [2.05, 4.69) is 10.6 Å². The molecule has 22 nitrogen and oxygen atoms in total. The summed E-state index contributed by atoms with van der Waals surface area (Å²) in [6.45, 7) is 4.06. The number of aliphatic hydroxyl groups is 6. The number of nitrogens with zero attached hydrogens (tertiary/aromatic N) is 2. The van der Waals surface area contributed by atoms with E-state index in [0.29, 0.717) is 58.5 Å². The zero-order valence-corrected chi connectivity index (χ0v) is 38.4. The molecule has 0 radical (unpaired) electrons. The van der Waals surface area contributed by atoms with Crippen molar-refractivity contribution in [3.8, 4) is 0 Å². The topological polar surface area (TPSA) is 319 Å². The smallest absolute Gasteiger partial charge is 0.335 e. The number of rotatable bonds is 32. The molecule has 10 N–H and O–H groups in total. The molecule has 4 rings (SSSR count). The number of ketones is 2. The minimum Gasteiger partial charge on any atom is -0.479 e. The predicted octanol–water partition coefficient (Wildman–Crippen LogP) is -2.22. The first-order chi connectivity index (χ1) is 31.5. The van der Waals surface area contributed by atoms with Gasteiger partial charge in [-0.1, -0.05) is 6.92 Å². The van der Waals surface area contributed by atoms with Crippen LogP contribution in [0.4, 0.5) is 0 Å². The number of carboxylic acid groups (broad SMARTS) is 2. The second kappa shape index (κ2) is 28.2. The average molecular weight is 961 g/mol. The molecule has 2 aliphatic heterocycles. The van der Waals surface area contributed by atoms with E-state index in [1.54, 1.807) is 18.8 Å². The van der Waals surface area contributed by atoms with E-state index >= 15 is 0 Å². The molecular weight excluding hydrogens is 893 g/mol. The van der Waals surface area contributed by atoms with E-state index in [4.69, 9.17) is 28.4 Å². The third-order valence-electron chi connectivity index (χ3n) is 11.3. The molecule has 2 aromatic heterocycles. The summed E-state index contributed by atoms with van der Waals surface area (Å²) in [4.78, 5) is 49.5. The Kier molecular flexibility index (Phi) is 23.6. The van der Waals surface area contributed by atoms with Crippen LogP contribution in [0.3, 0.4) is 0 Å². The average Bonchev–Trinajstić information content (AvgIpc) is 3.94. The summed E-state index contributed by atoms with van der Waals surface area (Å²) in [6.07, 6.45) is -4.73. The van der Waals surface area contributed by atoms with Gasteiger partial charge in [-0.05, 0) is 74.0 Å². The Morgan fingerprint density at radius 1 is 0.697 bits per heavy atom. The van der Waals surface area contributed by atoms with E-state index in [9.17, 15) is 60.0 Å². The third kappa shape index (κ3) is 17.0. The molecule has 374 valence electrons. The number of nitrogens with one attached hydrogen (secondary N) is 2. The summed E-state index contributed by atoms with van der Waals surface area (Å²) in [7, 11) is 1.75. The normalized spacial score (nSPS) is 27.0. The number of Topliss-reactive ketones (excluding diaryl/α,β-unsaturated/α-hetero) is 2. The van der Waals surface area contributed by atoms with Crippen LogP contribution in [-0.2, 0) is 73.5 Å². The number of aliphatic hydroxyl groups excluding tert-OH is 6. The Labute approximate surface area is 387 Å². The molecule has 2 saturated heterocycles. The number of likely N-dealkylation sites (N-methyl/N-ethyl adjacent to an activating group) is 1. The van der Waals surface area contributed by atoms with Gasteiger partial charge in [-0.3, -0.25) is 9.59 Å². The Morgan fingerprint density at radius 2 is 1.18 bits per heavy atom. The highest BCUT2D eigenvalue weighted by molar-refractivity contribution is 7.98. The summed E-state index contributed by atoms with van der Waals surface area (Å²) in [5.74, 6) is -2.03. The highest BCUT2D eigenvalue weighted by Crippen LogP contribution is 2.24. The quantitative estimate of drug-likeness (QED) is 0.0347. The SMILES string of the molecule is CN[C@@H](Cc1ccn(CCOCCOC2OC(C(=O)O)C(O)[C@H](O)[C@@H]2O)c1)C(=O)C[C@@H](C)CN[C@@H](Cc1ccn(CCOCCOC2OC(C(=O)O)C(O)[C@H](O)[C@@H]2O)c1)C(=O)CCCSC. The van der Waals surface area contributed by atoms with E-state index in [-0.39, 0.29) is 43.9 Å². The van der Waals surface area contributed by atoms with Crippen molar-refractivity contribution in [2.45, 2.75) is 126 Å². The summed E-state index contributed by atoms with van der Waals surface area (Å²) in [5, 5.41) is 84.6. The number of aliphatic carboxylic acids is 2. The summed E-state index contributed by atoms with van der Waals surface area (Å²) < 4.78 is 36.0. The highest BCUT2D eigenvalue weighted by Gasteiger charge is 2.48. The molecule has 13 atom stereocenters. The lowest BCUT2D eigenvalue weighted by Gasteiger charge is -2.38. The molecule has 0 aromatic carbocycles. The van der Waals surface area contributed by atoms with E-state index in [1.165, 1.54) is 0 Å². The van der Waals surface area contributed by atoms with Crippen LogP contribution in [0.5, 0.6) is 0 Å². The van der Waals surface area contributed by atoms with Gasteiger partial charge in [-0.2, -0.15) is 11.8 Å². The fraction of sp³-hybridized carbons (Fsp3) is 0.721. The van der Waals surface area contributed by atoms with Crippen LogP contribution in [0.2, 0.25) is 0 Å². The number of carboxylic acids is 2. The van der Waals surface area contributed by atoms with E-state index < -0.39 is 85.4 Å². The second-order valence-electron chi connectivity index (χ2n) is 16.5. The first-order valence-electron chi connectivity index (χ1n) is 22.0. The van der Waals surface area contributed by atoms with Gasteiger partial charge < -0.3 is 89.0 Å². The fourth-order valence-corrected chi connectivity index (χ4v) is 7.92. The number of thioether (sulfide) groups is 1. The Bertz CT molecular complexity index is 1780. The van der Waals surface area contributed by atoms with Gasteiger partial charge in [0.2, 0.25) is 0 Å². The summed E-state index contributed by atoms with van der Waals surface area (Å²) in [6, 6.07) is 2.99. The first-order valence-corrected chi connectivity index (χ1v) is 23.4. The predicted molar refractivity (Wildman–Crippen MR) is 234 cm³/mol. The van der Waals surface area contributed by atoms with Crippen molar-refractivity contribution >= 4 is 35.3 Å².